The van der Waals surface area contributed by atoms with Gasteiger partial charge in [-0.3, -0.25) is 4.79 Å². The summed E-state index contributed by atoms with van der Waals surface area (Å²) in [5, 5.41) is 0. The molecule has 3 heteroatoms. The second kappa shape index (κ2) is 15.6. The highest BCUT2D eigenvalue weighted by molar-refractivity contribution is 5.69. The van der Waals surface area contributed by atoms with Crippen LogP contribution in [0.4, 0.5) is 0 Å². The first-order valence-corrected chi connectivity index (χ1v) is 8.62. The van der Waals surface area contributed by atoms with Crippen LogP contribution in [0, 0.1) is 0 Å². The summed E-state index contributed by atoms with van der Waals surface area (Å²) in [6.07, 6.45) is 13.0. The predicted octanol–water partition coefficient (Wildman–Crippen LogP) is 5.04. The van der Waals surface area contributed by atoms with Gasteiger partial charge in [0.15, 0.2) is 0 Å². The van der Waals surface area contributed by atoms with E-state index in [0.717, 1.165) is 32.1 Å². The summed E-state index contributed by atoms with van der Waals surface area (Å²) >= 11 is 0. The number of hydrogen-bond donors (Lipinski definition) is 0. The van der Waals surface area contributed by atoms with Gasteiger partial charge in [-0.15, -0.1) is 6.58 Å². The highest BCUT2D eigenvalue weighted by atomic mass is 16.6. The van der Waals surface area contributed by atoms with Crippen LogP contribution in [-0.2, 0) is 14.3 Å². The Morgan fingerprint density at radius 3 is 2.24 bits per heavy atom. The third-order valence-corrected chi connectivity index (χ3v) is 3.65. The van der Waals surface area contributed by atoms with Crippen molar-refractivity contribution in [2.24, 2.45) is 0 Å². The molecule has 3 nitrogen and oxygen atoms in total. The van der Waals surface area contributed by atoms with E-state index in [1.807, 2.05) is 6.08 Å². The molecule has 0 aromatic carbocycles. The van der Waals surface area contributed by atoms with Crippen LogP contribution < -0.4 is 0 Å². The first kappa shape index (κ1) is 20.2. The summed E-state index contributed by atoms with van der Waals surface area (Å²) < 4.78 is 10.8. The normalized spacial score (nSPS) is 10.8. The lowest BCUT2D eigenvalue weighted by Gasteiger charge is -2.13. The zero-order chi connectivity index (χ0) is 15.8. The Labute approximate surface area is 131 Å². The lowest BCUT2D eigenvalue weighted by atomic mass is 10.1. The molecule has 0 aliphatic carbocycles. The molecule has 0 amide bonds. The van der Waals surface area contributed by atoms with Crippen LogP contribution in [0.3, 0.4) is 0 Å². The Bertz CT molecular complexity index is 247. The maximum atomic E-state index is 11.5. The Kier molecular flexibility index (Phi) is 14.9. The molecular formula is C18H34O3. The zero-order valence-corrected chi connectivity index (χ0v) is 14.1. The standard InChI is InChI=1S/C18H34O3/c1-4-7-8-9-10-11-12-13-14-18(19)21-16-15-20-17(5-2)6-3/h4,17H,1,5-16H2,2-3H3. The van der Waals surface area contributed by atoms with E-state index in [2.05, 4.69) is 20.4 Å². The number of rotatable bonds is 15. The molecule has 124 valence electrons. The van der Waals surface area contributed by atoms with Crippen molar-refractivity contribution in [3.63, 3.8) is 0 Å². The average Bonchev–Trinajstić information content (AvgIpc) is 2.50. The highest BCUT2D eigenvalue weighted by Crippen LogP contribution is 2.09. The lowest BCUT2D eigenvalue weighted by molar-refractivity contribution is -0.146. The van der Waals surface area contributed by atoms with Crippen LogP contribution in [0.2, 0.25) is 0 Å². The SMILES string of the molecule is C=CCCCCCCCCC(=O)OCCOC(CC)CC. The Hall–Kier alpha value is -0.830. The van der Waals surface area contributed by atoms with E-state index in [9.17, 15) is 4.79 Å². The summed E-state index contributed by atoms with van der Waals surface area (Å²) in [6, 6.07) is 0. The second-order valence-electron chi connectivity index (χ2n) is 5.48. The third-order valence-electron chi connectivity index (χ3n) is 3.65. The monoisotopic (exact) mass is 298 g/mol. The zero-order valence-electron chi connectivity index (χ0n) is 14.1. The number of allylic oxidation sites excluding steroid dienone is 1. The topological polar surface area (TPSA) is 35.5 Å². The number of carbonyl (C=O) groups excluding carboxylic acids is 1. The fraction of sp³-hybridized carbons (Fsp3) is 0.833. The molecule has 0 N–H and O–H groups in total. The van der Waals surface area contributed by atoms with Gasteiger partial charge < -0.3 is 9.47 Å². The third kappa shape index (κ3) is 13.9. The molecule has 0 saturated heterocycles. The molecule has 0 aromatic heterocycles. The van der Waals surface area contributed by atoms with Crippen molar-refractivity contribution in [2.75, 3.05) is 13.2 Å². The van der Waals surface area contributed by atoms with E-state index in [4.69, 9.17) is 9.47 Å². The molecule has 0 heterocycles. The molecular weight excluding hydrogens is 264 g/mol. The quantitative estimate of drug-likeness (QED) is 0.241. The predicted molar refractivity (Wildman–Crippen MR) is 88.4 cm³/mol. The Balaban J connectivity index is 3.29. The van der Waals surface area contributed by atoms with E-state index < -0.39 is 0 Å². The van der Waals surface area contributed by atoms with Crippen LogP contribution in [0.25, 0.3) is 0 Å². The number of unbranched alkanes of at least 4 members (excludes halogenated alkanes) is 6. The van der Waals surface area contributed by atoms with Gasteiger partial charge in [0.25, 0.3) is 0 Å². The largest absolute Gasteiger partial charge is 0.463 e. The molecule has 0 fully saturated rings. The van der Waals surface area contributed by atoms with Crippen molar-refractivity contribution in [2.45, 2.75) is 84.2 Å². The highest BCUT2D eigenvalue weighted by Gasteiger charge is 2.05. The molecule has 0 radical (unpaired) electrons. The van der Waals surface area contributed by atoms with Gasteiger partial charge in [0.1, 0.15) is 6.61 Å². The summed E-state index contributed by atoms with van der Waals surface area (Å²) in [5.41, 5.74) is 0. The van der Waals surface area contributed by atoms with Gasteiger partial charge in [-0.25, -0.2) is 0 Å². The molecule has 0 saturated carbocycles. The Morgan fingerprint density at radius 1 is 1.00 bits per heavy atom. The van der Waals surface area contributed by atoms with Gasteiger partial charge in [0.2, 0.25) is 0 Å². The summed E-state index contributed by atoms with van der Waals surface area (Å²) in [7, 11) is 0. The minimum Gasteiger partial charge on any atom is -0.463 e. The van der Waals surface area contributed by atoms with Crippen molar-refractivity contribution in [1.82, 2.24) is 0 Å². The van der Waals surface area contributed by atoms with E-state index in [1.165, 1.54) is 25.7 Å². The molecule has 0 aliphatic rings. The molecule has 0 unspecified atom stereocenters. The van der Waals surface area contributed by atoms with Crippen molar-refractivity contribution in [3.05, 3.63) is 12.7 Å². The lowest BCUT2D eigenvalue weighted by Crippen LogP contribution is -2.16. The van der Waals surface area contributed by atoms with E-state index >= 15 is 0 Å². The maximum absolute atomic E-state index is 11.5. The van der Waals surface area contributed by atoms with Gasteiger partial charge in [0, 0.05) is 6.42 Å². The first-order chi connectivity index (χ1) is 10.2. The molecule has 0 aromatic rings. The number of carbonyl (C=O) groups is 1. The van der Waals surface area contributed by atoms with Crippen LogP contribution in [0.15, 0.2) is 12.7 Å². The van der Waals surface area contributed by atoms with Crippen LogP contribution >= 0.6 is 0 Å². The minimum atomic E-state index is -0.0881. The van der Waals surface area contributed by atoms with Crippen molar-refractivity contribution < 1.29 is 14.3 Å². The summed E-state index contributed by atoms with van der Waals surface area (Å²) in [4.78, 5) is 11.5. The number of hydrogen-bond acceptors (Lipinski definition) is 3. The second-order valence-corrected chi connectivity index (χ2v) is 5.48. The van der Waals surface area contributed by atoms with Crippen molar-refractivity contribution in [3.8, 4) is 0 Å². The Morgan fingerprint density at radius 2 is 1.62 bits per heavy atom. The molecule has 21 heavy (non-hydrogen) atoms. The van der Waals surface area contributed by atoms with E-state index in [0.29, 0.717) is 25.7 Å². The average molecular weight is 298 g/mol. The van der Waals surface area contributed by atoms with Crippen LogP contribution in [0.5, 0.6) is 0 Å². The van der Waals surface area contributed by atoms with Crippen LogP contribution in [-0.4, -0.2) is 25.3 Å². The molecule has 0 atom stereocenters. The van der Waals surface area contributed by atoms with Gasteiger partial charge in [-0.2, -0.15) is 0 Å². The molecule has 0 aliphatic heterocycles. The molecule has 0 rings (SSSR count). The first-order valence-electron chi connectivity index (χ1n) is 8.62. The maximum Gasteiger partial charge on any atom is 0.305 e. The summed E-state index contributed by atoms with van der Waals surface area (Å²) in [5.74, 6) is -0.0881. The van der Waals surface area contributed by atoms with Gasteiger partial charge >= 0.3 is 5.97 Å². The van der Waals surface area contributed by atoms with E-state index in [-0.39, 0.29) is 5.97 Å². The van der Waals surface area contributed by atoms with Gasteiger partial charge in [-0.1, -0.05) is 45.6 Å². The fourth-order valence-corrected chi connectivity index (χ4v) is 2.23. The number of esters is 1. The van der Waals surface area contributed by atoms with E-state index in [1.54, 1.807) is 0 Å². The van der Waals surface area contributed by atoms with Gasteiger partial charge in [-0.05, 0) is 32.1 Å². The van der Waals surface area contributed by atoms with Gasteiger partial charge in [0.05, 0.1) is 12.7 Å². The number of ether oxygens (including phenoxy) is 2. The molecule has 0 bridgehead atoms. The van der Waals surface area contributed by atoms with Crippen molar-refractivity contribution in [1.29, 1.82) is 0 Å². The summed E-state index contributed by atoms with van der Waals surface area (Å²) in [6.45, 7) is 8.84. The fourth-order valence-electron chi connectivity index (χ4n) is 2.23. The minimum absolute atomic E-state index is 0.0881. The van der Waals surface area contributed by atoms with Crippen LogP contribution in [0.1, 0.15) is 78.1 Å². The smallest absolute Gasteiger partial charge is 0.305 e. The van der Waals surface area contributed by atoms with Crippen molar-refractivity contribution >= 4 is 5.97 Å². The molecule has 0 spiro atoms.